The summed E-state index contributed by atoms with van der Waals surface area (Å²) in [7, 11) is -7.27. The highest BCUT2D eigenvalue weighted by atomic mass is 31.2. The van der Waals surface area contributed by atoms with Crippen molar-refractivity contribution >= 4 is 35.3 Å². The smallest absolute Gasteiger partial charge is 0.296 e. The van der Waals surface area contributed by atoms with Gasteiger partial charge in [0.2, 0.25) is 15.7 Å². The van der Waals surface area contributed by atoms with Gasteiger partial charge in [-0.1, -0.05) is 24.3 Å². The van der Waals surface area contributed by atoms with E-state index in [4.69, 9.17) is 8.64 Å². The van der Waals surface area contributed by atoms with Crippen LogP contribution >= 0.6 is 7.37 Å². The van der Waals surface area contributed by atoms with Crippen molar-refractivity contribution in [1.29, 1.82) is 0 Å². The number of carbonyl (C=O) groups is 1. The molecule has 1 rings (SSSR count). The third-order valence-corrected chi connectivity index (χ3v) is 9.41. The SMILES string of the molecule is C=CCC(CP(=O)(O[Si](C)(C)C)c1ccccc1)C(=O)O[Si](C)(C)C. The molecule has 0 saturated heterocycles. The average Bonchev–Trinajstić information content (AvgIpc) is 2.44. The van der Waals surface area contributed by atoms with E-state index in [1.54, 1.807) is 6.08 Å². The minimum atomic E-state index is -3.17. The zero-order chi connectivity index (χ0) is 19.3. The van der Waals surface area contributed by atoms with Crippen molar-refractivity contribution in [2.45, 2.75) is 45.7 Å². The lowest BCUT2D eigenvalue weighted by molar-refractivity contribution is -0.138. The lowest BCUT2D eigenvalue weighted by Gasteiger charge is -2.30. The van der Waals surface area contributed by atoms with Crippen LogP contribution in [-0.4, -0.2) is 28.8 Å². The summed E-state index contributed by atoms with van der Waals surface area (Å²) in [6.45, 7) is 15.6. The second kappa shape index (κ2) is 8.63. The average molecular weight is 399 g/mol. The van der Waals surface area contributed by atoms with Crippen LogP contribution < -0.4 is 5.30 Å². The van der Waals surface area contributed by atoms with Crippen LogP contribution in [0.15, 0.2) is 43.0 Å². The standard InChI is InChI=1S/C18H31O4PSi2/c1-8-12-16(18(19)21-24(2,3)4)15-23(20,22-25(5,6)7)17-13-10-9-11-14-17/h8-11,13-14,16H,1,12,15H2,2-7H3. The Morgan fingerprint density at radius 1 is 1.12 bits per heavy atom. The van der Waals surface area contributed by atoms with Gasteiger partial charge < -0.3 is 8.64 Å². The molecule has 0 aliphatic carbocycles. The van der Waals surface area contributed by atoms with Crippen molar-refractivity contribution in [3.8, 4) is 0 Å². The summed E-state index contributed by atoms with van der Waals surface area (Å²) in [4.78, 5) is 12.6. The molecule has 1 aromatic rings. The fourth-order valence-corrected chi connectivity index (χ4v) is 9.16. The van der Waals surface area contributed by atoms with E-state index >= 15 is 0 Å². The van der Waals surface area contributed by atoms with Crippen molar-refractivity contribution in [1.82, 2.24) is 0 Å². The van der Waals surface area contributed by atoms with E-state index in [1.807, 2.05) is 69.6 Å². The minimum absolute atomic E-state index is 0.149. The van der Waals surface area contributed by atoms with Crippen molar-refractivity contribution < 1.29 is 18.0 Å². The molecular weight excluding hydrogens is 367 g/mol. The highest BCUT2D eigenvalue weighted by Gasteiger charge is 2.38. The normalized spacial score (nSPS) is 15.9. The van der Waals surface area contributed by atoms with E-state index in [2.05, 4.69) is 6.58 Å². The zero-order valence-corrected chi connectivity index (χ0v) is 19.1. The van der Waals surface area contributed by atoms with Crippen LogP contribution in [0, 0.1) is 5.92 Å². The first-order chi connectivity index (χ1) is 11.4. The van der Waals surface area contributed by atoms with Gasteiger partial charge in [0.15, 0.2) is 8.32 Å². The van der Waals surface area contributed by atoms with Gasteiger partial charge in [0.1, 0.15) is 0 Å². The Hall–Kier alpha value is -0.946. The van der Waals surface area contributed by atoms with E-state index in [9.17, 15) is 9.36 Å². The van der Waals surface area contributed by atoms with Crippen LogP contribution in [-0.2, 0) is 18.0 Å². The van der Waals surface area contributed by atoms with Crippen LogP contribution in [0.1, 0.15) is 6.42 Å². The molecule has 1 aromatic carbocycles. The van der Waals surface area contributed by atoms with E-state index in [0.717, 1.165) is 0 Å². The third-order valence-electron chi connectivity index (χ3n) is 3.22. The lowest BCUT2D eigenvalue weighted by atomic mass is 10.1. The summed E-state index contributed by atoms with van der Waals surface area (Å²) in [5, 5.41) is 0.660. The Morgan fingerprint density at radius 2 is 1.68 bits per heavy atom. The molecule has 4 nitrogen and oxygen atoms in total. The monoisotopic (exact) mass is 398 g/mol. The number of rotatable bonds is 9. The van der Waals surface area contributed by atoms with Gasteiger partial charge in [-0.25, -0.2) is 0 Å². The predicted molar refractivity (Wildman–Crippen MR) is 111 cm³/mol. The molecule has 2 atom stereocenters. The molecule has 140 valence electrons. The maximum absolute atomic E-state index is 13.8. The quantitative estimate of drug-likeness (QED) is 0.333. The molecule has 0 N–H and O–H groups in total. The van der Waals surface area contributed by atoms with E-state index in [1.165, 1.54) is 0 Å². The molecule has 0 bridgehead atoms. The molecule has 2 unspecified atom stereocenters. The summed E-state index contributed by atoms with van der Waals surface area (Å²) in [6, 6.07) is 9.20. The fraction of sp³-hybridized carbons (Fsp3) is 0.500. The van der Waals surface area contributed by atoms with Crippen molar-refractivity contribution in [3.63, 3.8) is 0 Å². The summed E-state index contributed by atoms with van der Waals surface area (Å²) in [5.74, 6) is -0.805. The van der Waals surface area contributed by atoms with Gasteiger partial charge in [0, 0.05) is 11.5 Å². The Morgan fingerprint density at radius 3 is 2.12 bits per heavy atom. The van der Waals surface area contributed by atoms with Crippen molar-refractivity contribution in [2.24, 2.45) is 5.92 Å². The third kappa shape index (κ3) is 7.86. The number of carbonyl (C=O) groups excluding carboxylic acids is 1. The highest BCUT2D eigenvalue weighted by molar-refractivity contribution is 7.68. The Balaban J connectivity index is 3.18. The maximum atomic E-state index is 13.8. The molecule has 25 heavy (non-hydrogen) atoms. The molecular formula is C18H31O4PSi2. The molecule has 7 heteroatoms. The van der Waals surface area contributed by atoms with Gasteiger partial charge in [-0.3, -0.25) is 9.36 Å². The van der Waals surface area contributed by atoms with Gasteiger partial charge >= 0.3 is 0 Å². The van der Waals surface area contributed by atoms with Crippen LogP contribution in [0.3, 0.4) is 0 Å². The first-order valence-electron chi connectivity index (χ1n) is 8.55. The number of hydrogen-bond donors (Lipinski definition) is 0. The summed E-state index contributed by atoms with van der Waals surface area (Å²) >= 11 is 0. The highest BCUT2D eigenvalue weighted by Crippen LogP contribution is 2.50. The second-order valence-electron chi connectivity index (χ2n) is 8.15. The van der Waals surface area contributed by atoms with Gasteiger partial charge in [-0.05, 0) is 57.8 Å². The van der Waals surface area contributed by atoms with Crippen LogP contribution in [0.2, 0.25) is 39.3 Å². The Kier molecular flexibility index (Phi) is 7.62. The summed E-state index contributed by atoms with van der Waals surface area (Å²) in [6.07, 6.45) is 2.26. The largest absolute Gasteiger partial charge is 0.520 e. The molecule has 0 radical (unpaired) electrons. The molecule has 0 aliphatic heterocycles. The van der Waals surface area contributed by atoms with Gasteiger partial charge in [0.05, 0.1) is 5.92 Å². The number of allylic oxidation sites excluding steroid dienone is 1. The molecule has 0 aliphatic rings. The predicted octanol–water partition coefficient (Wildman–Crippen LogP) is 5.01. The first kappa shape index (κ1) is 22.1. The van der Waals surface area contributed by atoms with Gasteiger partial charge in [0.25, 0.3) is 5.97 Å². The summed E-state index contributed by atoms with van der Waals surface area (Å²) < 4.78 is 25.6. The molecule has 0 spiro atoms. The van der Waals surface area contributed by atoms with Gasteiger partial charge in [-0.15, -0.1) is 6.58 Å². The molecule has 0 fully saturated rings. The molecule has 0 amide bonds. The maximum Gasteiger partial charge on any atom is 0.296 e. The van der Waals surface area contributed by atoms with Gasteiger partial charge in [-0.2, -0.15) is 0 Å². The van der Waals surface area contributed by atoms with Crippen LogP contribution in [0.25, 0.3) is 0 Å². The number of hydrogen-bond acceptors (Lipinski definition) is 4. The summed E-state index contributed by atoms with van der Waals surface area (Å²) in [5.41, 5.74) is 0. The van der Waals surface area contributed by atoms with Crippen molar-refractivity contribution in [2.75, 3.05) is 6.16 Å². The lowest BCUT2D eigenvalue weighted by Crippen LogP contribution is -2.35. The van der Waals surface area contributed by atoms with E-state index in [-0.39, 0.29) is 12.1 Å². The van der Waals surface area contributed by atoms with Crippen molar-refractivity contribution in [3.05, 3.63) is 43.0 Å². The zero-order valence-electron chi connectivity index (χ0n) is 16.2. The van der Waals surface area contributed by atoms with E-state index < -0.39 is 29.9 Å². The first-order valence-corrected chi connectivity index (χ1v) is 17.2. The van der Waals surface area contributed by atoms with Crippen LogP contribution in [0.4, 0.5) is 0 Å². The topological polar surface area (TPSA) is 52.6 Å². The number of benzene rings is 1. The van der Waals surface area contributed by atoms with E-state index in [0.29, 0.717) is 11.7 Å². The molecule has 0 heterocycles. The Bertz CT molecular complexity index is 633. The minimum Gasteiger partial charge on any atom is -0.520 e. The second-order valence-corrected chi connectivity index (χ2v) is 19.8. The Labute approximate surface area is 154 Å². The van der Waals surface area contributed by atoms with Crippen LogP contribution in [0.5, 0.6) is 0 Å². The fourth-order valence-electron chi connectivity index (χ4n) is 2.41. The molecule has 0 aromatic heterocycles. The molecule has 0 saturated carbocycles.